The third-order valence-electron chi connectivity index (χ3n) is 1.44. The highest BCUT2D eigenvalue weighted by atomic mass is 16.5. The number of furan rings is 1. The SMILES string of the molecule is O=C(Nc1cnoc1)c1ccco1. The topological polar surface area (TPSA) is 68.3 Å². The molecule has 2 heterocycles. The third-order valence-corrected chi connectivity index (χ3v) is 1.44. The van der Waals surface area contributed by atoms with Crippen LogP contribution in [-0.2, 0) is 0 Å². The van der Waals surface area contributed by atoms with Crippen LogP contribution in [0.4, 0.5) is 5.69 Å². The standard InChI is InChI=1S/C8H6N2O3/c11-8(7-2-1-3-12-7)10-6-4-9-13-5-6/h1-5H,(H,10,11). The zero-order valence-electron chi connectivity index (χ0n) is 6.56. The molecule has 0 aromatic carbocycles. The molecule has 0 atom stereocenters. The summed E-state index contributed by atoms with van der Waals surface area (Å²) in [5.41, 5.74) is 0.501. The minimum absolute atomic E-state index is 0.251. The van der Waals surface area contributed by atoms with E-state index in [9.17, 15) is 4.79 Å². The Morgan fingerprint density at radius 1 is 1.54 bits per heavy atom. The molecule has 0 aliphatic carbocycles. The van der Waals surface area contributed by atoms with E-state index < -0.39 is 0 Å². The number of nitrogens with one attached hydrogen (secondary N) is 1. The summed E-state index contributed by atoms with van der Waals surface area (Å²) in [5.74, 6) is -0.0746. The Morgan fingerprint density at radius 2 is 2.46 bits per heavy atom. The molecule has 5 nitrogen and oxygen atoms in total. The Balaban J connectivity index is 2.08. The number of hydrogen-bond acceptors (Lipinski definition) is 4. The first kappa shape index (κ1) is 7.60. The van der Waals surface area contributed by atoms with Gasteiger partial charge in [0, 0.05) is 0 Å². The lowest BCUT2D eigenvalue weighted by molar-refractivity contribution is 0.0996. The molecule has 0 radical (unpaired) electrons. The van der Waals surface area contributed by atoms with Crippen LogP contribution in [-0.4, -0.2) is 11.1 Å². The van der Waals surface area contributed by atoms with Gasteiger partial charge in [-0.05, 0) is 12.1 Å². The molecule has 0 saturated carbocycles. The Hall–Kier alpha value is -2.04. The van der Waals surface area contributed by atoms with Crippen molar-refractivity contribution in [3.8, 4) is 0 Å². The van der Waals surface area contributed by atoms with E-state index in [-0.39, 0.29) is 11.7 Å². The summed E-state index contributed by atoms with van der Waals surface area (Å²) in [6, 6.07) is 3.21. The molecule has 2 aromatic heterocycles. The minimum Gasteiger partial charge on any atom is -0.459 e. The first-order valence-electron chi connectivity index (χ1n) is 3.60. The zero-order chi connectivity index (χ0) is 9.10. The Morgan fingerprint density at radius 3 is 3.08 bits per heavy atom. The lowest BCUT2D eigenvalue weighted by atomic mass is 10.4. The van der Waals surface area contributed by atoms with Crippen molar-refractivity contribution in [1.82, 2.24) is 5.16 Å². The first-order valence-corrected chi connectivity index (χ1v) is 3.60. The van der Waals surface area contributed by atoms with Gasteiger partial charge < -0.3 is 14.3 Å². The van der Waals surface area contributed by atoms with Gasteiger partial charge in [-0.15, -0.1) is 0 Å². The second-order valence-corrected chi connectivity index (χ2v) is 2.34. The Kier molecular flexibility index (Phi) is 1.84. The largest absolute Gasteiger partial charge is 0.459 e. The van der Waals surface area contributed by atoms with Crippen molar-refractivity contribution < 1.29 is 13.7 Å². The summed E-state index contributed by atoms with van der Waals surface area (Å²) in [6.07, 6.45) is 4.17. The maximum Gasteiger partial charge on any atom is 0.291 e. The summed E-state index contributed by atoms with van der Waals surface area (Å²) in [7, 11) is 0. The van der Waals surface area contributed by atoms with E-state index in [4.69, 9.17) is 4.42 Å². The predicted molar refractivity (Wildman–Crippen MR) is 43.2 cm³/mol. The van der Waals surface area contributed by atoms with E-state index in [1.807, 2.05) is 0 Å². The van der Waals surface area contributed by atoms with Crippen LogP contribution in [0.1, 0.15) is 10.6 Å². The summed E-state index contributed by atoms with van der Waals surface area (Å²) in [4.78, 5) is 11.3. The minimum atomic E-state index is -0.326. The van der Waals surface area contributed by atoms with Gasteiger partial charge in [0.2, 0.25) is 0 Å². The van der Waals surface area contributed by atoms with Crippen LogP contribution in [0.2, 0.25) is 0 Å². The molecule has 0 aliphatic rings. The predicted octanol–water partition coefficient (Wildman–Crippen LogP) is 1.52. The fraction of sp³-hybridized carbons (Fsp3) is 0. The van der Waals surface area contributed by atoms with Gasteiger partial charge in [0.25, 0.3) is 5.91 Å². The van der Waals surface area contributed by atoms with Crippen molar-refractivity contribution in [3.63, 3.8) is 0 Å². The van der Waals surface area contributed by atoms with Gasteiger partial charge in [-0.2, -0.15) is 0 Å². The van der Waals surface area contributed by atoms with Gasteiger partial charge in [-0.3, -0.25) is 4.79 Å². The summed E-state index contributed by atoms with van der Waals surface area (Å²) >= 11 is 0. The van der Waals surface area contributed by atoms with Crippen LogP contribution in [0.25, 0.3) is 0 Å². The average molecular weight is 178 g/mol. The van der Waals surface area contributed by atoms with E-state index in [0.717, 1.165) is 0 Å². The first-order chi connectivity index (χ1) is 6.36. The van der Waals surface area contributed by atoms with E-state index in [2.05, 4.69) is 15.0 Å². The molecular weight excluding hydrogens is 172 g/mol. The smallest absolute Gasteiger partial charge is 0.291 e. The van der Waals surface area contributed by atoms with Gasteiger partial charge in [-0.25, -0.2) is 0 Å². The van der Waals surface area contributed by atoms with Gasteiger partial charge in [0.05, 0.1) is 12.5 Å². The highest BCUT2D eigenvalue weighted by Crippen LogP contribution is 2.07. The van der Waals surface area contributed by atoms with Gasteiger partial charge in [0.1, 0.15) is 12.0 Å². The molecule has 0 aliphatic heterocycles. The quantitative estimate of drug-likeness (QED) is 0.756. The number of carbonyl (C=O) groups excluding carboxylic acids is 1. The highest BCUT2D eigenvalue weighted by molar-refractivity contribution is 6.01. The molecular formula is C8H6N2O3. The van der Waals surface area contributed by atoms with Crippen LogP contribution in [0.15, 0.2) is 39.8 Å². The lowest BCUT2D eigenvalue weighted by Gasteiger charge is -1.95. The second-order valence-electron chi connectivity index (χ2n) is 2.34. The summed E-state index contributed by atoms with van der Waals surface area (Å²) in [5, 5.41) is 5.97. The number of aromatic nitrogens is 1. The van der Waals surface area contributed by atoms with Crippen molar-refractivity contribution in [2.75, 3.05) is 5.32 Å². The van der Waals surface area contributed by atoms with Crippen molar-refractivity contribution in [1.29, 1.82) is 0 Å². The van der Waals surface area contributed by atoms with Crippen LogP contribution >= 0.6 is 0 Å². The van der Waals surface area contributed by atoms with Crippen molar-refractivity contribution in [2.24, 2.45) is 0 Å². The van der Waals surface area contributed by atoms with Crippen molar-refractivity contribution >= 4 is 11.6 Å². The molecule has 5 heteroatoms. The van der Waals surface area contributed by atoms with E-state index in [1.165, 1.54) is 18.7 Å². The van der Waals surface area contributed by atoms with Crippen LogP contribution < -0.4 is 5.32 Å². The maximum absolute atomic E-state index is 11.3. The molecule has 0 spiro atoms. The van der Waals surface area contributed by atoms with Crippen LogP contribution in [0.3, 0.4) is 0 Å². The molecule has 1 amide bonds. The summed E-state index contributed by atoms with van der Waals surface area (Å²) < 4.78 is 9.42. The zero-order valence-corrected chi connectivity index (χ0v) is 6.56. The summed E-state index contributed by atoms with van der Waals surface area (Å²) in [6.45, 7) is 0. The molecule has 2 aromatic rings. The van der Waals surface area contributed by atoms with Gasteiger partial charge in [0.15, 0.2) is 5.76 Å². The van der Waals surface area contributed by atoms with Crippen molar-refractivity contribution in [3.05, 3.63) is 36.6 Å². The Labute approximate surface area is 73.3 Å². The monoisotopic (exact) mass is 178 g/mol. The molecule has 1 N–H and O–H groups in total. The number of hydrogen-bond donors (Lipinski definition) is 1. The van der Waals surface area contributed by atoms with Crippen LogP contribution in [0.5, 0.6) is 0 Å². The fourth-order valence-corrected chi connectivity index (χ4v) is 0.867. The fourth-order valence-electron chi connectivity index (χ4n) is 0.867. The number of anilines is 1. The second kappa shape index (κ2) is 3.14. The van der Waals surface area contributed by atoms with Gasteiger partial charge >= 0.3 is 0 Å². The van der Waals surface area contributed by atoms with Crippen LogP contribution in [0, 0.1) is 0 Å². The lowest BCUT2D eigenvalue weighted by Crippen LogP contribution is -2.09. The highest BCUT2D eigenvalue weighted by Gasteiger charge is 2.08. The molecule has 0 unspecified atom stereocenters. The molecule has 0 bridgehead atoms. The normalized spacial score (nSPS) is 9.85. The van der Waals surface area contributed by atoms with E-state index in [0.29, 0.717) is 5.69 Å². The maximum atomic E-state index is 11.3. The van der Waals surface area contributed by atoms with E-state index >= 15 is 0 Å². The number of carbonyl (C=O) groups is 1. The Bertz CT molecular complexity index is 377. The van der Waals surface area contributed by atoms with E-state index in [1.54, 1.807) is 12.1 Å². The molecule has 66 valence electrons. The van der Waals surface area contributed by atoms with Crippen molar-refractivity contribution in [2.45, 2.75) is 0 Å². The molecule has 13 heavy (non-hydrogen) atoms. The van der Waals surface area contributed by atoms with Gasteiger partial charge in [-0.1, -0.05) is 5.16 Å². The number of nitrogens with zero attached hydrogens (tertiary/aromatic N) is 1. The average Bonchev–Trinajstić information content (AvgIpc) is 2.74. The molecule has 2 rings (SSSR count). The number of rotatable bonds is 2. The molecule has 0 fully saturated rings. The number of amides is 1. The third kappa shape index (κ3) is 1.58. The molecule has 0 saturated heterocycles.